The number of nitro benzene ring substituents is 1. The van der Waals surface area contributed by atoms with Gasteiger partial charge in [-0.25, -0.2) is 4.79 Å². The monoisotopic (exact) mass is 458 g/mol. The molecule has 31 heavy (non-hydrogen) atoms. The highest BCUT2D eigenvalue weighted by atomic mass is 35.5. The van der Waals surface area contributed by atoms with Crippen LogP contribution in [0.25, 0.3) is 0 Å². The molecular formula is C22H16Cl2N2O5. The number of non-ortho nitro benzene ring substituents is 1. The molecule has 1 heterocycles. The van der Waals surface area contributed by atoms with E-state index in [-0.39, 0.29) is 22.7 Å². The molecule has 0 spiro atoms. The summed E-state index contributed by atoms with van der Waals surface area (Å²) < 4.78 is 5.83. The van der Waals surface area contributed by atoms with Crippen molar-refractivity contribution in [3.05, 3.63) is 85.4 Å². The van der Waals surface area contributed by atoms with E-state index in [9.17, 15) is 20.0 Å². The largest absolute Gasteiger partial charge is 0.478 e. The first kappa shape index (κ1) is 21.0. The molecule has 0 aliphatic carbocycles. The lowest BCUT2D eigenvalue weighted by Gasteiger charge is -2.23. The van der Waals surface area contributed by atoms with E-state index >= 15 is 0 Å². The highest BCUT2D eigenvalue weighted by Crippen LogP contribution is 2.45. The molecule has 0 fully saturated rings. The van der Waals surface area contributed by atoms with E-state index in [0.717, 1.165) is 36.5 Å². The Kier molecular flexibility index (Phi) is 5.71. The fourth-order valence-corrected chi connectivity index (χ4v) is 3.76. The average molecular weight is 459 g/mol. The Morgan fingerprint density at radius 2 is 1.71 bits per heavy atom. The van der Waals surface area contributed by atoms with E-state index in [1.807, 2.05) is 24.3 Å². The highest BCUT2D eigenvalue weighted by Gasteiger charge is 2.26. The third-order valence-corrected chi connectivity index (χ3v) is 5.71. The first-order chi connectivity index (χ1) is 14.8. The number of carboxylic acid groups (broad SMARTS) is 1. The van der Waals surface area contributed by atoms with E-state index < -0.39 is 10.9 Å². The maximum Gasteiger partial charge on any atom is 0.338 e. The quantitative estimate of drug-likeness (QED) is 0.248. The van der Waals surface area contributed by atoms with Crippen LogP contribution in [0, 0.1) is 10.1 Å². The number of fused-ring (bicyclic) bond motifs is 2. The minimum absolute atomic E-state index is 0.104. The number of nitrogens with one attached hydrogen (secondary N) is 1. The Hall–Kier alpha value is -3.29. The SMILES string of the molecule is O=C(O)c1cc([N+](=O)[O-])cc2c1Nc1ccc(CCCc3ccc(Cl)c(Cl)c3)cc1O2. The number of rotatable bonds is 6. The molecule has 0 aromatic heterocycles. The standard InChI is InChI=1S/C22H16Cl2N2O5/c23-16-6-4-12(8-17(16)24)2-1-3-13-5-7-18-19(9-13)31-20-11-14(26(29)30)10-15(22(27)28)21(20)25-18/h4-11,25H,1-3H2,(H,27,28). The number of benzene rings is 3. The minimum Gasteiger partial charge on any atom is -0.478 e. The zero-order chi connectivity index (χ0) is 22.1. The van der Waals surface area contributed by atoms with Gasteiger partial charge in [-0.15, -0.1) is 0 Å². The predicted molar refractivity (Wildman–Crippen MR) is 118 cm³/mol. The van der Waals surface area contributed by atoms with Gasteiger partial charge in [-0.2, -0.15) is 0 Å². The van der Waals surface area contributed by atoms with Crippen molar-refractivity contribution in [1.29, 1.82) is 0 Å². The van der Waals surface area contributed by atoms with Crippen molar-refractivity contribution in [2.45, 2.75) is 19.3 Å². The predicted octanol–water partition coefficient (Wildman–Crippen LogP) is 6.62. The van der Waals surface area contributed by atoms with Crippen LogP contribution in [0.2, 0.25) is 10.0 Å². The second-order valence-electron chi connectivity index (χ2n) is 7.09. The molecule has 1 aliphatic heterocycles. The molecule has 0 saturated heterocycles. The van der Waals surface area contributed by atoms with E-state index in [4.69, 9.17) is 27.9 Å². The topological polar surface area (TPSA) is 102 Å². The van der Waals surface area contributed by atoms with Crippen molar-refractivity contribution < 1.29 is 19.6 Å². The zero-order valence-corrected chi connectivity index (χ0v) is 17.5. The number of carboxylic acids is 1. The summed E-state index contributed by atoms with van der Waals surface area (Å²) >= 11 is 12.0. The molecule has 0 amide bonds. The van der Waals surface area contributed by atoms with Gasteiger partial charge >= 0.3 is 5.97 Å². The van der Waals surface area contributed by atoms with Crippen LogP contribution in [-0.2, 0) is 12.8 Å². The van der Waals surface area contributed by atoms with Crippen molar-refractivity contribution in [2.24, 2.45) is 0 Å². The van der Waals surface area contributed by atoms with Crippen LogP contribution < -0.4 is 10.1 Å². The number of carbonyl (C=O) groups is 1. The van der Waals surface area contributed by atoms with Crippen LogP contribution in [-0.4, -0.2) is 16.0 Å². The molecule has 9 heteroatoms. The van der Waals surface area contributed by atoms with Crippen LogP contribution in [0.4, 0.5) is 17.1 Å². The van der Waals surface area contributed by atoms with Crippen molar-refractivity contribution in [3.63, 3.8) is 0 Å². The molecule has 0 unspecified atom stereocenters. The number of halogens is 2. The summed E-state index contributed by atoms with van der Waals surface area (Å²) in [6, 6.07) is 13.4. The summed E-state index contributed by atoms with van der Waals surface area (Å²) in [6.45, 7) is 0. The number of nitro groups is 1. The van der Waals surface area contributed by atoms with Gasteiger partial charge in [0.2, 0.25) is 0 Å². The molecule has 2 N–H and O–H groups in total. The van der Waals surface area contributed by atoms with Crippen molar-refractivity contribution in [3.8, 4) is 11.5 Å². The van der Waals surface area contributed by atoms with Crippen LogP contribution in [0.15, 0.2) is 48.5 Å². The minimum atomic E-state index is -1.28. The smallest absolute Gasteiger partial charge is 0.338 e. The maximum atomic E-state index is 11.6. The van der Waals surface area contributed by atoms with Gasteiger partial charge in [-0.05, 0) is 54.7 Å². The summed E-state index contributed by atoms with van der Waals surface area (Å²) in [5.74, 6) is -0.693. The molecule has 0 saturated carbocycles. The number of ether oxygens (including phenoxy) is 1. The van der Waals surface area contributed by atoms with Crippen LogP contribution in [0.5, 0.6) is 11.5 Å². The molecule has 0 atom stereocenters. The summed E-state index contributed by atoms with van der Waals surface area (Å²) in [5.41, 5.74) is 2.33. The van der Waals surface area contributed by atoms with Gasteiger partial charge in [-0.3, -0.25) is 10.1 Å². The number of aryl methyl sites for hydroxylation is 2. The molecule has 0 radical (unpaired) electrons. The number of anilines is 2. The summed E-state index contributed by atoms with van der Waals surface area (Å²) in [7, 11) is 0. The van der Waals surface area contributed by atoms with Gasteiger partial charge in [-0.1, -0.05) is 35.3 Å². The summed E-state index contributed by atoms with van der Waals surface area (Å²) in [5, 5.41) is 24.7. The van der Waals surface area contributed by atoms with Gasteiger partial charge in [0.1, 0.15) is 0 Å². The highest BCUT2D eigenvalue weighted by molar-refractivity contribution is 6.42. The normalized spacial score (nSPS) is 11.7. The third-order valence-electron chi connectivity index (χ3n) is 4.97. The fourth-order valence-electron chi connectivity index (χ4n) is 3.44. The van der Waals surface area contributed by atoms with Gasteiger partial charge in [0, 0.05) is 6.07 Å². The Morgan fingerprint density at radius 3 is 2.39 bits per heavy atom. The molecule has 3 aromatic carbocycles. The molecule has 158 valence electrons. The lowest BCUT2D eigenvalue weighted by molar-refractivity contribution is -0.384. The van der Waals surface area contributed by atoms with Gasteiger partial charge in [0.05, 0.1) is 38.0 Å². The van der Waals surface area contributed by atoms with E-state index in [2.05, 4.69) is 5.32 Å². The van der Waals surface area contributed by atoms with Gasteiger partial charge in [0.25, 0.3) is 5.69 Å². The molecule has 4 rings (SSSR count). The maximum absolute atomic E-state index is 11.6. The van der Waals surface area contributed by atoms with Gasteiger partial charge in [0.15, 0.2) is 11.5 Å². The first-order valence-corrected chi connectivity index (χ1v) is 10.1. The summed E-state index contributed by atoms with van der Waals surface area (Å²) in [6.07, 6.45) is 2.47. The number of nitrogens with zero attached hydrogens (tertiary/aromatic N) is 1. The van der Waals surface area contributed by atoms with E-state index in [0.29, 0.717) is 21.5 Å². The van der Waals surface area contributed by atoms with Crippen molar-refractivity contribution in [1.82, 2.24) is 0 Å². The Labute approximate surface area is 187 Å². The molecule has 7 nitrogen and oxygen atoms in total. The number of hydrogen-bond acceptors (Lipinski definition) is 5. The van der Waals surface area contributed by atoms with Crippen LogP contribution in [0.3, 0.4) is 0 Å². The zero-order valence-electron chi connectivity index (χ0n) is 16.0. The van der Waals surface area contributed by atoms with Crippen molar-refractivity contribution in [2.75, 3.05) is 5.32 Å². The number of aromatic carboxylic acids is 1. The Balaban J connectivity index is 1.52. The van der Waals surface area contributed by atoms with E-state index in [1.165, 1.54) is 6.07 Å². The molecular weight excluding hydrogens is 443 g/mol. The van der Waals surface area contributed by atoms with Gasteiger partial charge < -0.3 is 15.2 Å². The number of hydrogen-bond donors (Lipinski definition) is 2. The lowest BCUT2D eigenvalue weighted by atomic mass is 10.0. The molecule has 3 aromatic rings. The van der Waals surface area contributed by atoms with E-state index in [1.54, 1.807) is 12.1 Å². The van der Waals surface area contributed by atoms with Crippen LogP contribution in [0.1, 0.15) is 27.9 Å². The Bertz CT molecular complexity index is 1210. The second-order valence-corrected chi connectivity index (χ2v) is 7.90. The Morgan fingerprint density at radius 1 is 1.00 bits per heavy atom. The molecule has 1 aliphatic rings. The molecule has 0 bridgehead atoms. The lowest BCUT2D eigenvalue weighted by Crippen LogP contribution is -2.10. The summed E-state index contributed by atoms with van der Waals surface area (Å²) in [4.78, 5) is 22.1. The van der Waals surface area contributed by atoms with Crippen LogP contribution >= 0.6 is 23.2 Å². The fraction of sp³-hybridized carbons (Fsp3) is 0.136. The third kappa shape index (κ3) is 4.42. The van der Waals surface area contributed by atoms with Crippen molar-refractivity contribution >= 4 is 46.2 Å². The first-order valence-electron chi connectivity index (χ1n) is 9.39. The average Bonchev–Trinajstić information content (AvgIpc) is 2.73. The second kappa shape index (κ2) is 8.45.